The molecular formula is C14H15NO3. The number of para-hydroxylation sites is 1. The summed E-state index contributed by atoms with van der Waals surface area (Å²) in [4.78, 5) is 12.5. The van der Waals surface area contributed by atoms with E-state index in [4.69, 9.17) is 9.15 Å². The molecule has 2 aromatic rings. The van der Waals surface area contributed by atoms with Gasteiger partial charge in [-0.2, -0.15) is 0 Å². The molecule has 1 heterocycles. The number of methoxy groups -OCH3 is 1. The van der Waals surface area contributed by atoms with E-state index in [2.05, 4.69) is 0 Å². The van der Waals surface area contributed by atoms with Gasteiger partial charge in [0.2, 0.25) is 0 Å². The summed E-state index contributed by atoms with van der Waals surface area (Å²) in [6, 6.07) is 11.2. The zero-order chi connectivity index (χ0) is 13.0. The van der Waals surface area contributed by atoms with Crippen molar-refractivity contribution >= 4 is 12.2 Å². The molecule has 0 unspecified atom stereocenters. The van der Waals surface area contributed by atoms with Crippen LogP contribution in [-0.2, 0) is 6.54 Å². The number of hydrogen-bond donors (Lipinski definition) is 0. The van der Waals surface area contributed by atoms with Crippen molar-refractivity contribution in [3.8, 4) is 5.75 Å². The predicted molar refractivity (Wildman–Crippen MR) is 69.2 cm³/mol. The fourth-order valence-electron chi connectivity index (χ4n) is 1.78. The fourth-order valence-corrected chi connectivity index (χ4v) is 1.78. The summed E-state index contributed by atoms with van der Waals surface area (Å²) in [6.45, 7) is 0.649. The molecule has 0 amide bonds. The van der Waals surface area contributed by atoms with E-state index in [0.717, 1.165) is 11.3 Å². The van der Waals surface area contributed by atoms with Crippen LogP contribution >= 0.6 is 0 Å². The Balaban J connectivity index is 2.15. The smallest absolute Gasteiger partial charge is 0.196 e. The van der Waals surface area contributed by atoms with Crippen LogP contribution < -0.4 is 9.64 Å². The number of rotatable bonds is 5. The minimum absolute atomic E-state index is 0.330. The highest BCUT2D eigenvalue weighted by atomic mass is 16.5. The van der Waals surface area contributed by atoms with Crippen molar-refractivity contribution in [2.24, 2.45) is 0 Å². The molecule has 4 nitrogen and oxygen atoms in total. The average molecular weight is 245 g/mol. The van der Waals surface area contributed by atoms with Crippen molar-refractivity contribution in [2.45, 2.75) is 6.54 Å². The van der Waals surface area contributed by atoms with Crippen molar-refractivity contribution in [1.29, 1.82) is 0 Å². The van der Waals surface area contributed by atoms with Crippen LogP contribution in [0.2, 0.25) is 0 Å². The molecule has 1 aromatic carbocycles. The van der Waals surface area contributed by atoms with Crippen LogP contribution in [0.3, 0.4) is 0 Å². The molecular weight excluding hydrogens is 230 g/mol. The Kier molecular flexibility index (Phi) is 3.67. The highest BCUT2D eigenvalue weighted by Crippen LogP contribution is 2.23. The van der Waals surface area contributed by atoms with Crippen LogP contribution in [-0.4, -0.2) is 20.4 Å². The number of furan rings is 1. The first-order chi connectivity index (χ1) is 8.74. The lowest BCUT2D eigenvalue weighted by Gasteiger charge is -2.17. The van der Waals surface area contributed by atoms with Crippen LogP contribution in [0.1, 0.15) is 16.1 Å². The topological polar surface area (TPSA) is 42.7 Å². The standard InChI is InChI=1S/C14H15NO3/c1-15(14-8-7-12(10-16)18-14)9-11-5-3-4-6-13(11)17-2/h3-8,10H,9H2,1-2H3. The third kappa shape index (κ3) is 2.53. The van der Waals surface area contributed by atoms with Gasteiger partial charge < -0.3 is 14.1 Å². The second kappa shape index (κ2) is 5.40. The summed E-state index contributed by atoms with van der Waals surface area (Å²) < 4.78 is 10.7. The zero-order valence-corrected chi connectivity index (χ0v) is 10.4. The Labute approximate surface area is 106 Å². The van der Waals surface area contributed by atoms with Gasteiger partial charge >= 0.3 is 0 Å². The van der Waals surface area contributed by atoms with E-state index in [1.807, 2.05) is 36.2 Å². The van der Waals surface area contributed by atoms with Crippen LogP contribution in [0.5, 0.6) is 5.75 Å². The van der Waals surface area contributed by atoms with Crippen molar-refractivity contribution in [1.82, 2.24) is 0 Å². The number of hydrogen-bond acceptors (Lipinski definition) is 4. The number of benzene rings is 1. The number of anilines is 1. The molecule has 0 radical (unpaired) electrons. The molecule has 94 valence electrons. The molecule has 0 bridgehead atoms. The summed E-state index contributed by atoms with van der Waals surface area (Å²) in [5.74, 6) is 1.83. The summed E-state index contributed by atoms with van der Waals surface area (Å²) in [6.07, 6.45) is 0.695. The van der Waals surface area contributed by atoms with Crippen LogP contribution in [0.25, 0.3) is 0 Å². The Morgan fingerprint density at radius 2 is 2.06 bits per heavy atom. The third-order valence-electron chi connectivity index (χ3n) is 2.71. The molecule has 0 N–H and O–H groups in total. The lowest BCUT2D eigenvalue weighted by molar-refractivity contribution is 0.110. The molecule has 0 atom stereocenters. The maximum absolute atomic E-state index is 10.6. The van der Waals surface area contributed by atoms with E-state index in [9.17, 15) is 4.79 Å². The van der Waals surface area contributed by atoms with Crippen LogP contribution in [0, 0.1) is 0 Å². The quantitative estimate of drug-likeness (QED) is 0.760. The maximum Gasteiger partial charge on any atom is 0.196 e. The number of carbonyl (C=O) groups excluding carboxylic acids is 1. The molecule has 0 saturated heterocycles. The lowest BCUT2D eigenvalue weighted by atomic mass is 10.2. The Morgan fingerprint density at radius 3 is 2.72 bits per heavy atom. The predicted octanol–water partition coefficient (Wildman–Crippen LogP) is 2.74. The molecule has 1 aromatic heterocycles. The van der Waals surface area contributed by atoms with Gasteiger partial charge in [0.1, 0.15) is 5.75 Å². The zero-order valence-electron chi connectivity index (χ0n) is 10.4. The van der Waals surface area contributed by atoms with Crippen molar-refractivity contribution in [3.63, 3.8) is 0 Å². The largest absolute Gasteiger partial charge is 0.496 e. The summed E-state index contributed by atoms with van der Waals surface area (Å²) >= 11 is 0. The first kappa shape index (κ1) is 12.2. The number of nitrogens with zero attached hydrogens (tertiary/aromatic N) is 1. The monoisotopic (exact) mass is 245 g/mol. The summed E-state index contributed by atoms with van der Waals surface area (Å²) in [5.41, 5.74) is 1.06. The average Bonchev–Trinajstić information content (AvgIpc) is 2.88. The Morgan fingerprint density at radius 1 is 1.28 bits per heavy atom. The number of aldehydes is 1. The summed E-state index contributed by atoms with van der Waals surface area (Å²) in [5, 5.41) is 0. The van der Waals surface area contributed by atoms with E-state index in [1.54, 1.807) is 19.2 Å². The molecule has 4 heteroatoms. The molecule has 0 aliphatic carbocycles. The molecule has 0 aliphatic heterocycles. The van der Waals surface area contributed by atoms with Gasteiger partial charge in [-0.25, -0.2) is 0 Å². The van der Waals surface area contributed by atoms with Crippen LogP contribution in [0.15, 0.2) is 40.8 Å². The van der Waals surface area contributed by atoms with Crippen molar-refractivity contribution < 1.29 is 13.9 Å². The van der Waals surface area contributed by atoms with Crippen molar-refractivity contribution in [3.05, 3.63) is 47.7 Å². The highest BCUT2D eigenvalue weighted by molar-refractivity contribution is 5.71. The van der Waals surface area contributed by atoms with Gasteiger partial charge in [-0.15, -0.1) is 0 Å². The van der Waals surface area contributed by atoms with Crippen molar-refractivity contribution in [2.75, 3.05) is 19.1 Å². The normalized spacial score (nSPS) is 10.1. The van der Waals surface area contributed by atoms with Gasteiger partial charge in [-0.05, 0) is 12.1 Å². The minimum Gasteiger partial charge on any atom is -0.496 e. The van der Waals surface area contributed by atoms with E-state index < -0.39 is 0 Å². The SMILES string of the molecule is COc1ccccc1CN(C)c1ccc(C=O)o1. The van der Waals surface area contributed by atoms with Crippen LogP contribution in [0.4, 0.5) is 5.88 Å². The Hall–Kier alpha value is -2.23. The first-order valence-corrected chi connectivity index (χ1v) is 5.62. The third-order valence-corrected chi connectivity index (χ3v) is 2.71. The van der Waals surface area contributed by atoms with Gasteiger partial charge in [-0.1, -0.05) is 18.2 Å². The molecule has 18 heavy (non-hydrogen) atoms. The van der Waals surface area contributed by atoms with Gasteiger partial charge in [0, 0.05) is 25.2 Å². The molecule has 0 spiro atoms. The fraction of sp³-hybridized carbons (Fsp3) is 0.214. The number of carbonyl (C=O) groups is 1. The van der Waals surface area contributed by atoms with Gasteiger partial charge in [-0.3, -0.25) is 4.79 Å². The van der Waals surface area contributed by atoms with E-state index in [-0.39, 0.29) is 0 Å². The second-order valence-electron chi connectivity index (χ2n) is 3.96. The summed E-state index contributed by atoms with van der Waals surface area (Å²) in [7, 11) is 3.55. The Bertz CT molecular complexity index is 533. The second-order valence-corrected chi connectivity index (χ2v) is 3.96. The van der Waals surface area contributed by atoms with Gasteiger partial charge in [0.05, 0.1) is 7.11 Å². The molecule has 0 saturated carbocycles. The van der Waals surface area contributed by atoms with E-state index >= 15 is 0 Å². The highest BCUT2D eigenvalue weighted by Gasteiger charge is 2.09. The molecule has 2 rings (SSSR count). The lowest BCUT2D eigenvalue weighted by Crippen LogP contribution is -2.16. The minimum atomic E-state index is 0.330. The molecule has 0 aliphatic rings. The molecule has 0 fully saturated rings. The maximum atomic E-state index is 10.6. The number of ether oxygens (including phenoxy) is 1. The van der Waals surface area contributed by atoms with E-state index in [1.165, 1.54) is 0 Å². The van der Waals surface area contributed by atoms with E-state index in [0.29, 0.717) is 24.5 Å². The van der Waals surface area contributed by atoms with Gasteiger partial charge in [0.25, 0.3) is 0 Å². The van der Waals surface area contributed by atoms with Gasteiger partial charge in [0.15, 0.2) is 17.9 Å². The first-order valence-electron chi connectivity index (χ1n) is 5.62.